The van der Waals surface area contributed by atoms with Gasteiger partial charge in [-0.05, 0) is 30.2 Å². The Kier molecular flexibility index (Phi) is 4.67. The monoisotopic (exact) mass is 252 g/mol. The van der Waals surface area contributed by atoms with Gasteiger partial charge in [-0.3, -0.25) is 4.79 Å². The van der Waals surface area contributed by atoms with Crippen LogP contribution < -0.4 is 11.1 Å². The predicted octanol–water partition coefficient (Wildman–Crippen LogP) is 0.538. The highest BCUT2D eigenvalue weighted by molar-refractivity contribution is 5.92. The Balaban J connectivity index is 2.94. The highest BCUT2D eigenvalue weighted by Crippen LogP contribution is 2.19. The molecular weight excluding hydrogens is 236 g/mol. The highest BCUT2D eigenvalue weighted by Gasteiger charge is 2.13. The summed E-state index contributed by atoms with van der Waals surface area (Å²) in [7, 11) is 1.30. The van der Waals surface area contributed by atoms with Crippen molar-refractivity contribution in [1.29, 1.82) is 0 Å². The Morgan fingerprint density at radius 1 is 1.44 bits per heavy atom. The van der Waals surface area contributed by atoms with Gasteiger partial charge in [0, 0.05) is 12.2 Å². The van der Waals surface area contributed by atoms with Gasteiger partial charge in [0.1, 0.15) is 0 Å². The summed E-state index contributed by atoms with van der Waals surface area (Å²) in [5.41, 5.74) is 8.04. The minimum Gasteiger partial charge on any atom is -0.480 e. The van der Waals surface area contributed by atoms with Crippen molar-refractivity contribution in [1.82, 2.24) is 5.32 Å². The van der Waals surface area contributed by atoms with Gasteiger partial charge >= 0.3 is 11.9 Å². The number of benzene rings is 1. The number of nitrogens with one attached hydrogen (secondary N) is 1. The average Bonchev–Trinajstić information content (AvgIpc) is 2.31. The molecule has 0 aliphatic carbocycles. The van der Waals surface area contributed by atoms with Crippen LogP contribution in [0.5, 0.6) is 0 Å². The molecule has 0 atom stereocenters. The second-order valence-electron chi connectivity index (χ2n) is 3.84. The van der Waals surface area contributed by atoms with Gasteiger partial charge in [0.15, 0.2) is 0 Å². The maximum atomic E-state index is 11.5. The summed E-state index contributed by atoms with van der Waals surface area (Å²) in [6.45, 7) is 1.94. The zero-order chi connectivity index (χ0) is 13.7. The van der Waals surface area contributed by atoms with E-state index in [0.717, 1.165) is 11.1 Å². The van der Waals surface area contributed by atoms with Crippen LogP contribution in [0.3, 0.4) is 0 Å². The molecule has 98 valence electrons. The predicted molar refractivity (Wildman–Crippen MR) is 66.3 cm³/mol. The number of aliphatic carboxylic acids is 1. The number of methoxy groups -OCH3 is 1. The Labute approximate surface area is 105 Å². The maximum Gasteiger partial charge on any atom is 0.338 e. The molecule has 0 spiro atoms. The molecule has 0 aromatic heterocycles. The van der Waals surface area contributed by atoms with E-state index in [1.807, 2.05) is 0 Å². The van der Waals surface area contributed by atoms with Crippen LogP contribution in [0.2, 0.25) is 0 Å². The van der Waals surface area contributed by atoms with E-state index >= 15 is 0 Å². The number of ether oxygens (including phenoxy) is 1. The van der Waals surface area contributed by atoms with E-state index in [9.17, 15) is 9.59 Å². The highest BCUT2D eigenvalue weighted by atomic mass is 16.5. The van der Waals surface area contributed by atoms with E-state index in [1.165, 1.54) is 7.11 Å². The van der Waals surface area contributed by atoms with Gasteiger partial charge in [-0.1, -0.05) is 0 Å². The third kappa shape index (κ3) is 3.46. The van der Waals surface area contributed by atoms with Crippen LogP contribution >= 0.6 is 0 Å². The van der Waals surface area contributed by atoms with E-state index in [4.69, 9.17) is 10.8 Å². The summed E-state index contributed by atoms with van der Waals surface area (Å²) in [6.07, 6.45) is 0. The lowest BCUT2D eigenvalue weighted by atomic mass is 10.0. The fraction of sp³-hybridized carbons (Fsp3) is 0.333. The lowest BCUT2D eigenvalue weighted by Crippen LogP contribution is -2.22. The molecule has 1 rings (SSSR count). The van der Waals surface area contributed by atoms with Crippen molar-refractivity contribution in [3.05, 3.63) is 28.8 Å². The second kappa shape index (κ2) is 6.02. The van der Waals surface area contributed by atoms with E-state index in [0.29, 0.717) is 17.8 Å². The van der Waals surface area contributed by atoms with Crippen LogP contribution in [-0.4, -0.2) is 30.7 Å². The molecule has 0 saturated carbocycles. The zero-order valence-corrected chi connectivity index (χ0v) is 10.3. The van der Waals surface area contributed by atoms with Crippen LogP contribution in [0.25, 0.3) is 0 Å². The first-order valence-corrected chi connectivity index (χ1v) is 5.35. The van der Waals surface area contributed by atoms with Crippen LogP contribution in [-0.2, 0) is 16.1 Å². The average molecular weight is 252 g/mol. The summed E-state index contributed by atoms with van der Waals surface area (Å²) in [5.74, 6) is -1.40. The quantitative estimate of drug-likeness (QED) is 0.522. The number of hydrogen-bond donors (Lipinski definition) is 3. The number of esters is 1. The molecule has 4 N–H and O–H groups in total. The SMILES string of the molecule is COC(=O)c1cc(N)cc(CNCC(=O)O)c1C. The van der Waals surface area contributed by atoms with Gasteiger partial charge in [0.05, 0.1) is 19.2 Å². The molecule has 0 aliphatic rings. The van der Waals surface area contributed by atoms with E-state index in [1.54, 1.807) is 19.1 Å². The van der Waals surface area contributed by atoms with Crippen LogP contribution in [0, 0.1) is 6.92 Å². The molecule has 1 aromatic carbocycles. The molecule has 0 bridgehead atoms. The van der Waals surface area contributed by atoms with Gasteiger partial charge < -0.3 is 20.9 Å². The molecule has 0 radical (unpaired) electrons. The third-order valence-electron chi connectivity index (χ3n) is 2.53. The molecule has 0 saturated heterocycles. The van der Waals surface area contributed by atoms with Crippen molar-refractivity contribution in [2.75, 3.05) is 19.4 Å². The first-order chi connectivity index (χ1) is 8.45. The van der Waals surface area contributed by atoms with Gasteiger partial charge in [-0.25, -0.2) is 4.79 Å². The van der Waals surface area contributed by atoms with Crippen LogP contribution in [0.1, 0.15) is 21.5 Å². The smallest absolute Gasteiger partial charge is 0.338 e. The maximum absolute atomic E-state index is 11.5. The summed E-state index contributed by atoms with van der Waals surface area (Å²) in [4.78, 5) is 21.9. The minimum absolute atomic E-state index is 0.151. The van der Waals surface area contributed by atoms with Gasteiger partial charge in [-0.15, -0.1) is 0 Å². The van der Waals surface area contributed by atoms with Crippen molar-refractivity contribution in [2.24, 2.45) is 0 Å². The van der Waals surface area contributed by atoms with E-state index in [-0.39, 0.29) is 6.54 Å². The molecule has 0 aliphatic heterocycles. The van der Waals surface area contributed by atoms with E-state index in [2.05, 4.69) is 10.1 Å². The molecule has 6 nitrogen and oxygen atoms in total. The number of nitrogen functional groups attached to an aromatic ring is 1. The third-order valence-corrected chi connectivity index (χ3v) is 2.53. The number of carboxylic acid groups (broad SMARTS) is 1. The lowest BCUT2D eigenvalue weighted by Gasteiger charge is -2.11. The first kappa shape index (κ1) is 14.0. The molecule has 6 heteroatoms. The Hall–Kier alpha value is -2.08. The molecule has 0 unspecified atom stereocenters. The van der Waals surface area contributed by atoms with Gasteiger partial charge in [0.25, 0.3) is 0 Å². The molecule has 0 fully saturated rings. The van der Waals surface area contributed by atoms with Gasteiger partial charge in [-0.2, -0.15) is 0 Å². The molecule has 0 amide bonds. The molecule has 0 heterocycles. The zero-order valence-electron chi connectivity index (χ0n) is 10.3. The summed E-state index contributed by atoms with van der Waals surface area (Å²) >= 11 is 0. The van der Waals surface area contributed by atoms with Crippen LogP contribution in [0.15, 0.2) is 12.1 Å². The number of nitrogens with two attached hydrogens (primary N) is 1. The largest absolute Gasteiger partial charge is 0.480 e. The lowest BCUT2D eigenvalue weighted by molar-refractivity contribution is -0.136. The Morgan fingerprint density at radius 3 is 2.67 bits per heavy atom. The van der Waals surface area contributed by atoms with Crippen molar-refractivity contribution in [3.8, 4) is 0 Å². The Bertz CT molecular complexity index is 471. The van der Waals surface area contributed by atoms with E-state index < -0.39 is 11.9 Å². The molecular formula is C12H16N2O4. The fourth-order valence-corrected chi connectivity index (χ4v) is 1.61. The number of carboxylic acids is 1. The number of carbonyl (C=O) groups excluding carboxylic acids is 1. The summed E-state index contributed by atoms with van der Waals surface area (Å²) in [6, 6.07) is 3.25. The standard InChI is InChI=1S/C12H16N2O4/c1-7-8(5-14-6-11(15)16)3-9(13)4-10(7)12(17)18-2/h3-4,14H,5-6,13H2,1-2H3,(H,15,16). The number of hydrogen-bond acceptors (Lipinski definition) is 5. The number of carbonyl (C=O) groups is 2. The van der Waals surface area contributed by atoms with Crippen molar-refractivity contribution in [3.63, 3.8) is 0 Å². The fourth-order valence-electron chi connectivity index (χ4n) is 1.61. The van der Waals surface area contributed by atoms with Gasteiger partial charge in [0.2, 0.25) is 0 Å². The topological polar surface area (TPSA) is 102 Å². The summed E-state index contributed by atoms with van der Waals surface area (Å²) in [5, 5.41) is 11.3. The first-order valence-electron chi connectivity index (χ1n) is 5.35. The molecule has 1 aromatic rings. The normalized spacial score (nSPS) is 10.1. The molecule has 18 heavy (non-hydrogen) atoms. The summed E-state index contributed by atoms with van der Waals surface area (Å²) < 4.78 is 4.66. The van der Waals surface area contributed by atoms with Crippen LogP contribution in [0.4, 0.5) is 5.69 Å². The minimum atomic E-state index is -0.940. The van der Waals surface area contributed by atoms with Crippen molar-refractivity contribution >= 4 is 17.6 Å². The number of rotatable bonds is 5. The van der Waals surface area contributed by atoms with Crippen molar-refractivity contribution < 1.29 is 19.4 Å². The van der Waals surface area contributed by atoms with Crippen molar-refractivity contribution in [2.45, 2.75) is 13.5 Å². The second-order valence-corrected chi connectivity index (χ2v) is 3.84. The Morgan fingerprint density at radius 2 is 2.11 bits per heavy atom. The number of anilines is 1.